The van der Waals surface area contributed by atoms with Crippen LogP contribution in [0, 0.1) is 6.92 Å². The highest BCUT2D eigenvalue weighted by atomic mass is 32.1. The van der Waals surface area contributed by atoms with Crippen molar-refractivity contribution in [3.8, 4) is 0 Å². The number of aromatic nitrogens is 3. The average molecular weight is 347 g/mol. The van der Waals surface area contributed by atoms with E-state index < -0.39 is 0 Å². The number of nitrogens with zero attached hydrogens (tertiary/aromatic N) is 3. The Morgan fingerprint density at radius 3 is 3.00 bits per heavy atom. The van der Waals surface area contributed by atoms with Crippen LogP contribution in [0.2, 0.25) is 0 Å². The number of carbonyl (C=O) groups is 1. The van der Waals surface area contributed by atoms with Crippen LogP contribution in [0.15, 0.2) is 11.6 Å². The van der Waals surface area contributed by atoms with E-state index in [1.807, 2.05) is 12.3 Å². The normalized spacial score (nSPS) is 14.9. The van der Waals surface area contributed by atoms with Crippen molar-refractivity contribution in [2.24, 2.45) is 0 Å². The maximum atomic E-state index is 12.1. The molecule has 0 bridgehead atoms. The third kappa shape index (κ3) is 4.14. The van der Waals surface area contributed by atoms with E-state index in [2.05, 4.69) is 38.3 Å². The van der Waals surface area contributed by atoms with Gasteiger partial charge in [-0.15, -0.1) is 11.3 Å². The first-order valence-electron chi connectivity index (χ1n) is 8.67. The molecular formula is C17H25N5OS. The summed E-state index contributed by atoms with van der Waals surface area (Å²) in [5.41, 5.74) is 2.06. The van der Waals surface area contributed by atoms with Gasteiger partial charge in [0.25, 0.3) is 0 Å². The zero-order valence-corrected chi connectivity index (χ0v) is 15.2. The van der Waals surface area contributed by atoms with E-state index in [-0.39, 0.29) is 12.1 Å². The molecule has 1 atom stereocenters. The lowest BCUT2D eigenvalue weighted by atomic mass is 10.2. The quantitative estimate of drug-likeness (QED) is 0.844. The second kappa shape index (κ2) is 7.79. The van der Waals surface area contributed by atoms with Crippen molar-refractivity contribution < 1.29 is 4.79 Å². The minimum Gasteiger partial charge on any atom is -0.338 e. The molecule has 0 radical (unpaired) electrons. The van der Waals surface area contributed by atoms with E-state index in [4.69, 9.17) is 0 Å². The predicted molar refractivity (Wildman–Crippen MR) is 95.3 cm³/mol. The van der Waals surface area contributed by atoms with E-state index >= 15 is 0 Å². The lowest BCUT2D eigenvalue weighted by Gasteiger charge is -2.15. The van der Waals surface area contributed by atoms with Crippen molar-refractivity contribution in [3.05, 3.63) is 33.8 Å². The molecule has 0 aromatic carbocycles. The minimum atomic E-state index is -0.140. The van der Waals surface area contributed by atoms with Gasteiger partial charge in [-0.2, -0.15) is 0 Å². The van der Waals surface area contributed by atoms with Crippen molar-refractivity contribution in [1.82, 2.24) is 25.2 Å². The molecule has 2 aromatic rings. The van der Waals surface area contributed by atoms with Crippen LogP contribution in [0.5, 0.6) is 0 Å². The molecule has 0 aliphatic carbocycles. The van der Waals surface area contributed by atoms with Gasteiger partial charge < -0.3 is 15.2 Å². The summed E-state index contributed by atoms with van der Waals surface area (Å²) >= 11 is 1.59. The summed E-state index contributed by atoms with van der Waals surface area (Å²) in [6.45, 7) is 5.69. The molecule has 2 amide bonds. The summed E-state index contributed by atoms with van der Waals surface area (Å²) in [6, 6.07) is -0.165. The summed E-state index contributed by atoms with van der Waals surface area (Å²) in [6.07, 6.45) is 7.25. The summed E-state index contributed by atoms with van der Waals surface area (Å²) < 4.78 is 2.25. The predicted octanol–water partition coefficient (Wildman–Crippen LogP) is 2.98. The lowest BCUT2D eigenvalue weighted by molar-refractivity contribution is 0.236. The summed E-state index contributed by atoms with van der Waals surface area (Å²) in [5.74, 6) is 1.19. The van der Waals surface area contributed by atoms with Gasteiger partial charge in [-0.1, -0.05) is 6.92 Å². The third-order valence-electron chi connectivity index (χ3n) is 4.27. The molecule has 7 heteroatoms. The molecule has 0 fully saturated rings. The highest BCUT2D eigenvalue weighted by Crippen LogP contribution is 2.20. The fourth-order valence-corrected chi connectivity index (χ4v) is 3.91. The first-order valence-corrected chi connectivity index (χ1v) is 9.55. The van der Waals surface area contributed by atoms with Gasteiger partial charge in [-0.25, -0.2) is 14.8 Å². The van der Waals surface area contributed by atoms with Gasteiger partial charge in [-0.05, 0) is 26.2 Å². The SMILES string of the molecule is CC[C@H](NC(=O)NCCc1cn2c(n1)CCCC2)c1nc(C)cs1. The zero-order chi connectivity index (χ0) is 16.9. The van der Waals surface area contributed by atoms with Crippen LogP contribution >= 0.6 is 11.3 Å². The summed E-state index contributed by atoms with van der Waals surface area (Å²) in [7, 11) is 0. The molecule has 0 saturated carbocycles. The highest BCUT2D eigenvalue weighted by Gasteiger charge is 2.16. The van der Waals surface area contributed by atoms with Gasteiger partial charge in [0, 0.05) is 43.2 Å². The summed E-state index contributed by atoms with van der Waals surface area (Å²) in [4.78, 5) is 21.2. The fourth-order valence-electron chi connectivity index (χ4n) is 2.98. The Balaban J connectivity index is 1.46. The number of thiazole rings is 1. The maximum absolute atomic E-state index is 12.1. The van der Waals surface area contributed by atoms with Crippen LogP contribution in [0.1, 0.15) is 54.4 Å². The van der Waals surface area contributed by atoms with Crippen molar-refractivity contribution in [1.29, 1.82) is 0 Å². The second-order valence-corrected chi connectivity index (χ2v) is 7.13. The van der Waals surface area contributed by atoms with Crippen molar-refractivity contribution >= 4 is 17.4 Å². The summed E-state index contributed by atoms with van der Waals surface area (Å²) in [5, 5.41) is 8.91. The minimum absolute atomic E-state index is 0.0244. The van der Waals surface area contributed by atoms with Gasteiger partial charge in [0.05, 0.1) is 11.7 Å². The molecule has 0 spiro atoms. The molecule has 1 aliphatic rings. The molecule has 24 heavy (non-hydrogen) atoms. The first kappa shape index (κ1) is 17.0. The fraction of sp³-hybridized carbons (Fsp3) is 0.588. The number of hydrogen-bond donors (Lipinski definition) is 2. The Kier molecular flexibility index (Phi) is 5.50. The zero-order valence-electron chi connectivity index (χ0n) is 14.3. The van der Waals surface area contributed by atoms with Gasteiger partial charge in [0.2, 0.25) is 0 Å². The molecule has 130 valence electrons. The molecule has 3 heterocycles. The number of imidazole rings is 1. The molecule has 1 aliphatic heterocycles. The average Bonchev–Trinajstić information content (AvgIpc) is 3.18. The maximum Gasteiger partial charge on any atom is 0.315 e. The van der Waals surface area contributed by atoms with Gasteiger partial charge >= 0.3 is 6.03 Å². The standard InChI is InChI=1S/C17H25N5OS/c1-3-14(16-19-12(2)11-24-16)21-17(23)18-8-7-13-10-22-9-5-4-6-15(22)20-13/h10-11,14H,3-9H2,1-2H3,(H2,18,21,23)/t14-/m0/s1. The molecule has 3 rings (SSSR count). The van der Waals surface area contributed by atoms with Crippen LogP contribution in [0.4, 0.5) is 4.79 Å². The molecule has 0 saturated heterocycles. The molecule has 2 N–H and O–H groups in total. The number of carbonyl (C=O) groups excluding carboxylic acids is 1. The van der Waals surface area contributed by atoms with E-state index in [9.17, 15) is 4.79 Å². The Morgan fingerprint density at radius 1 is 1.42 bits per heavy atom. The number of fused-ring (bicyclic) bond motifs is 1. The number of amides is 2. The van der Waals surface area contributed by atoms with Crippen LogP contribution in [-0.2, 0) is 19.4 Å². The van der Waals surface area contributed by atoms with Crippen molar-refractivity contribution in [2.45, 2.75) is 58.5 Å². The van der Waals surface area contributed by atoms with E-state index in [0.29, 0.717) is 6.54 Å². The van der Waals surface area contributed by atoms with Gasteiger partial charge in [-0.3, -0.25) is 0 Å². The van der Waals surface area contributed by atoms with Crippen LogP contribution < -0.4 is 10.6 Å². The van der Waals surface area contributed by atoms with E-state index in [1.165, 1.54) is 18.7 Å². The molecule has 2 aromatic heterocycles. The van der Waals surface area contributed by atoms with Gasteiger partial charge in [0.1, 0.15) is 10.8 Å². The Bertz CT molecular complexity index is 669. The van der Waals surface area contributed by atoms with Crippen LogP contribution in [0.25, 0.3) is 0 Å². The Morgan fingerprint density at radius 2 is 2.29 bits per heavy atom. The molecule has 6 nitrogen and oxygen atoms in total. The second-order valence-electron chi connectivity index (χ2n) is 6.24. The van der Waals surface area contributed by atoms with E-state index in [1.54, 1.807) is 11.3 Å². The largest absolute Gasteiger partial charge is 0.338 e. The van der Waals surface area contributed by atoms with E-state index in [0.717, 1.165) is 42.2 Å². The van der Waals surface area contributed by atoms with Gasteiger partial charge in [0.15, 0.2) is 0 Å². The Labute approximate surface area is 146 Å². The number of urea groups is 1. The first-order chi connectivity index (χ1) is 11.7. The number of rotatable bonds is 6. The molecule has 0 unspecified atom stereocenters. The number of nitrogens with one attached hydrogen (secondary N) is 2. The van der Waals surface area contributed by atoms with Crippen LogP contribution in [0.3, 0.4) is 0 Å². The number of hydrogen-bond acceptors (Lipinski definition) is 4. The van der Waals surface area contributed by atoms with Crippen molar-refractivity contribution in [2.75, 3.05) is 6.54 Å². The number of aryl methyl sites for hydroxylation is 3. The highest BCUT2D eigenvalue weighted by molar-refractivity contribution is 7.09. The van der Waals surface area contributed by atoms with Crippen LogP contribution in [-0.4, -0.2) is 27.1 Å². The Hall–Kier alpha value is -1.89. The lowest BCUT2D eigenvalue weighted by Crippen LogP contribution is -2.38. The molecular weight excluding hydrogens is 322 g/mol. The van der Waals surface area contributed by atoms with Crippen molar-refractivity contribution in [3.63, 3.8) is 0 Å². The smallest absolute Gasteiger partial charge is 0.315 e. The topological polar surface area (TPSA) is 71.8 Å². The third-order valence-corrected chi connectivity index (χ3v) is 5.35. The monoisotopic (exact) mass is 347 g/mol.